The fraction of sp³-hybridized carbons (Fsp3) is 0.167. The van der Waals surface area contributed by atoms with Gasteiger partial charge in [-0.25, -0.2) is 4.79 Å². The van der Waals surface area contributed by atoms with Crippen molar-refractivity contribution < 1.29 is 14.3 Å². The van der Waals surface area contributed by atoms with Gasteiger partial charge in [-0.05, 0) is 29.1 Å². The maximum absolute atomic E-state index is 12.0. The first kappa shape index (κ1) is 16.3. The van der Waals surface area contributed by atoms with E-state index < -0.39 is 5.60 Å². The van der Waals surface area contributed by atoms with Gasteiger partial charge in [0.15, 0.2) is 5.60 Å². The Labute approximate surface area is 143 Å². The van der Waals surface area contributed by atoms with Crippen LogP contribution in [0, 0.1) is 0 Å². The van der Waals surface area contributed by atoms with Crippen molar-refractivity contribution in [1.29, 1.82) is 0 Å². The molecular weight excluding hydrogens is 324 g/mol. The Bertz CT molecular complexity index is 721. The molecule has 0 bridgehead atoms. The normalized spacial score (nSPS) is 13.2. The summed E-state index contributed by atoms with van der Waals surface area (Å²) in [7, 11) is 0. The number of aliphatic hydroxyl groups is 1. The van der Waals surface area contributed by atoms with E-state index >= 15 is 0 Å². The number of thiophene rings is 1. The molecule has 0 unspecified atom stereocenters. The second-order valence-corrected chi connectivity index (χ2v) is 6.28. The van der Waals surface area contributed by atoms with Crippen LogP contribution in [0.1, 0.15) is 16.2 Å². The molecule has 0 saturated heterocycles. The summed E-state index contributed by atoms with van der Waals surface area (Å²) in [5, 5.41) is 18.4. The Balaban J connectivity index is 1.63. The van der Waals surface area contributed by atoms with Crippen LogP contribution in [0.15, 0.2) is 70.7 Å². The van der Waals surface area contributed by atoms with Crippen molar-refractivity contribution in [2.75, 3.05) is 6.54 Å². The number of carbonyl (C=O) groups excluding carboxylic acids is 1. The fourth-order valence-corrected chi connectivity index (χ4v) is 3.20. The Hall–Kier alpha value is -2.57. The van der Waals surface area contributed by atoms with Crippen molar-refractivity contribution in [3.63, 3.8) is 0 Å². The first-order valence-corrected chi connectivity index (χ1v) is 8.42. The standard InChI is InChI=1S/C18H18N2O3S/c21-17(19-12-14-6-2-1-3-7-14)20-13-18(22,15-8-4-10-23-15)16-9-5-11-24-16/h1-11,22H,12-13H2,(H2,19,20,21)/t18-/m0/s1. The molecule has 0 aliphatic heterocycles. The maximum Gasteiger partial charge on any atom is 0.315 e. The SMILES string of the molecule is O=C(NCc1ccccc1)NC[C@](O)(c1ccco1)c1cccs1. The molecule has 1 aromatic carbocycles. The minimum atomic E-state index is -1.39. The quantitative estimate of drug-likeness (QED) is 0.644. The molecule has 24 heavy (non-hydrogen) atoms. The van der Waals surface area contributed by atoms with Crippen molar-refractivity contribution in [3.8, 4) is 0 Å². The van der Waals surface area contributed by atoms with E-state index in [9.17, 15) is 9.90 Å². The van der Waals surface area contributed by atoms with Gasteiger partial charge in [-0.15, -0.1) is 11.3 Å². The number of carbonyl (C=O) groups is 1. The van der Waals surface area contributed by atoms with Gasteiger partial charge in [-0.1, -0.05) is 36.4 Å². The highest BCUT2D eigenvalue weighted by atomic mass is 32.1. The predicted molar refractivity (Wildman–Crippen MR) is 92.7 cm³/mol. The topological polar surface area (TPSA) is 74.5 Å². The van der Waals surface area contributed by atoms with Crippen molar-refractivity contribution in [2.24, 2.45) is 0 Å². The third kappa shape index (κ3) is 3.67. The van der Waals surface area contributed by atoms with Crippen LogP contribution in [-0.2, 0) is 12.1 Å². The smallest absolute Gasteiger partial charge is 0.315 e. The van der Waals surface area contributed by atoms with Crippen LogP contribution in [0.25, 0.3) is 0 Å². The molecule has 1 atom stereocenters. The summed E-state index contributed by atoms with van der Waals surface area (Å²) >= 11 is 1.41. The van der Waals surface area contributed by atoms with Crippen LogP contribution in [0.5, 0.6) is 0 Å². The minimum absolute atomic E-state index is 0.0155. The number of benzene rings is 1. The average molecular weight is 342 g/mol. The highest BCUT2D eigenvalue weighted by Gasteiger charge is 2.36. The molecule has 0 aliphatic rings. The van der Waals surface area contributed by atoms with Crippen molar-refractivity contribution >= 4 is 17.4 Å². The molecule has 2 amide bonds. The Morgan fingerprint density at radius 1 is 1.08 bits per heavy atom. The summed E-state index contributed by atoms with van der Waals surface area (Å²) in [6.45, 7) is 0.437. The van der Waals surface area contributed by atoms with E-state index in [0.717, 1.165) is 5.56 Å². The summed E-state index contributed by atoms with van der Waals surface area (Å²) in [6.07, 6.45) is 1.50. The van der Waals surface area contributed by atoms with Crippen molar-refractivity contribution in [2.45, 2.75) is 12.1 Å². The fourth-order valence-electron chi connectivity index (χ4n) is 2.37. The summed E-state index contributed by atoms with van der Waals surface area (Å²) in [6, 6.07) is 16.4. The van der Waals surface area contributed by atoms with E-state index in [1.165, 1.54) is 17.6 Å². The van der Waals surface area contributed by atoms with Gasteiger partial charge in [0.2, 0.25) is 0 Å². The number of hydrogen-bond donors (Lipinski definition) is 3. The maximum atomic E-state index is 12.0. The first-order chi connectivity index (χ1) is 11.7. The van der Waals surface area contributed by atoms with Crippen molar-refractivity contribution in [1.82, 2.24) is 10.6 Å². The zero-order valence-corrected chi connectivity index (χ0v) is 13.8. The van der Waals surface area contributed by atoms with Gasteiger partial charge in [0.1, 0.15) is 5.76 Å². The molecule has 0 spiro atoms. The lowest BCUT2D eigenvalue weighted by Gasteiger charge is -2.25. The van der Waals surface area contributed by atoms with Crippen LogP contribution in [0.3, 0.4) is 0 Å². The lowest BCUT2D eigenvalue weighted by atomic mass is 9.99. The van der Waals surface area contributed by atoms with Crippen LogP contribution >= 0.6 is 11.3 Å². The second-order valence-electron chi connectivity index (χ2n) is 5.34. The molecule has 3 rings (SSSR count). The predicted octanol–water partition coefficient (Wildman–Crippen LogP) is 3.08. The lowest BCUT2D eigenvalue weighted by molar-refractivity contribution is 0.0623. The molecule has 0 radical (unpaired) electrons. The molecular formula is C18H18N2O3S. The molecule has 6 heteroatoms. The van der Waals surface area contributed by atoms with Crippen LogP contribution in [0.2, 0.25) is 0 Å². The van der Waals surface area contributed by atoms with Gasteiger partial charge in [0.05, 0.1) is 12.8 Å². The summed E-state index contributed by atoms with van der Waals surface area (Å²) in [4.78, 5) is 12.8. The highest BCUT2D eigenvalue weighted by Crippen LogP contribution is 2.32. The van der Waals surface area contributed by atoms with E-state index in [2.05, 4.69) is 10.6 Å². The molecule has 3 N–H and O–H groups in total. The molecule has 0 aliphatic carbocycles. The van der Waals surface area contributed by atoms with Gasteiger partial charge in [-0.3, -0.25) is 0 Å². The minimum Gasteiger partial charge on any atom is -0.466 e. The molecule has 124 valence electrons. The zero-order chi connectivity index (χ0) is 16.8. The molecule has 5 nitrogen and oxygen atoms in total. The molecule has 0 fully saturated rings. The van der Waals surface area contributed by atoms with Gasteiger partial charge in [0.25, 0.3) is 0 Å². The van der Waals surface area contributed by atoms with E-state index in [-0.39, 0.29) is 12.6 Å². The van der Waals surface area contributed by atoms with E-state index in [4.69, 9.17) is 4.42 Å². The summed E-state index contributed by atoms with van der Waals surface area (Å²) < 4.78 is 5.37. The number of hydrogen-bond acceptors (Lipinski definition) is 4. The van der Waals surface area contributed by atoms with Crippen LogP contribution in [-0.4, -0.2) is 17.7 Å². The van der Waals surface area contributed by atoms with Gasteiger partial charge in [0, 0.05) is 11.4 Å². The summed E-state index contributed by atoms with van der Waals surface area (Å²) in [5.74, 6) is 0.397. The molecule has 3 aromatic rings. The first-order valence-electron chi connectivity index (χ1n) is 7.54. The monoisotopic (exact) mass is 342 g/mol. The second kappa shape index (κ2) is 7.33. The zero-order valence-electron chi connectivity index (χ0n) is 12.9. The van der Waals surface area contributed by atoms with Gasteiger partial charge < -0.3 is 20.2 Å². The number of amides is 2. The summed E-state index contributed by atoms with van der Waals surface area (Å²) in [5.41, 5.74) is -0.380. The number of urea groups is 1. The third-order valence-electron chi connectivity index (χ3n) is 3.66. The van der Waals surface area contributed by atoms with E-state index in [0.29, 0.717) is 17.2 Å². The highest BCUT2D eigenvalue weighted by molar-refractivity contribution is 7.10. The average Bonchev–Trinajstić information content (AvgIpc) is 3.32. The van der Waals surface area contributed by atoms with Crippen molar-refractivity contribution in [3.05, 3.63) is 82.4 Å². The number of rotatable bonds is 6. The van der Waals surface area contributed by atoms with Crippen LogP contribution in [0.4, 0.5) is 4.79 Å². The molecule has 0 saturated carbocycles. The molecule has 2 heterocycles. The van der Waals surface area contributed by atoms with Crippen LogP contribution < -0.4 is 10.6 Å². The number of nitrogens with one attached hydrogen (secondary N) is 2. The number of furan rings is 1. The van der Waals surface area contributed by atoms with Gasteiger partial charge in [-0.2, -0.15) is 0 Å². The Kier molecular flexibility index (Phi) is 4.98. The largest absolute Gasteiger partial charge is 0.466 e. The Morgan fingerprint density at radius 2 is 1.92 bits per heavy atom. The lowest BCUT2D eigenvalue weighted by Crippen LogP contribution is -2.44. The van der Waals surface area contributed by atoms with E-state index in [1.807, 2.05) is 47.8 Å². The molecule has 2 aromatic heterocycles. The van der Waals surface area contributed by atoms with E-state index in [1.54, 1.807) is 12.1 Å². The Morgan fingerprint density at radius 3 is 2.58 bits per heavy atom. The third-order valence-corrected chi connectivity index (χ3v) is 4.68. The van der Waals surface area contributed by atoms with Gasteiger partial charge >= 0.3 is 6.03 Å².